The van der Waals surface area contributed by atoms with Gasteiger partial charge in [-0.2, -0.15) is 0 Å². The second kappa shape index (κ2) is 4.97. The Morgan fingerprint density at radius 1 is 1.27 bits per heavy atom. The lowest BCUT2D eigenvalue weighted by molar-refractivity contribution is 0.147. The number of benzene rings is 1. The fraction of sp³-hybridized carbons (Fsp3) is 0.500. The van der Waals surface area contributed by atoms with Crippen molar-refractivity contribution in [1.82, 2.24) is 4.90 Å². The van der Waals surface area contributed by atoms with Crippen LogP contribution in [0, 0.1) is 0 Å². The lowest BCUT2D eigenvalue weighted by atomic mass is 10.1. The number of halogens is 1. The monoisotopic (exact) mass is 225 g/mol. The van der Waals surface area contributed by atoms with E-state index in [1.807, 2.05) is 24.3 Å². The summed E-state index contributed by atoms with van der Waals surface area (Å²) in [6, 6.07) is 7.85. The van der Waals surface area contributed by atoms with Crippen LogP contribution in [0.1, 0.15) is 24.4 Å². The van der Waals surface area contributed by atoms with Crippen molar-refractivity contribution in [2.75, 3.05) is 19.7 Å². The summed E-state index contributed by atoms with van der Waals surface area (Å²) >= 11 is 6.14. The predicted octanol–water partition coefficient (Wildman–Crippen LogP) is 2.47. The Morgan fingerprint density at radius 2 is 1.93 bits per heavy atom. The van der Waals surface area contributed by atoms with Gasteiger partial charge in [-0.15, -0.1) is 0 Å². The van der Waals surface area contributed by atoms with Gasteiger partial charge in [0.15, 0.2) is 0 Å². The third-order valence-corrected chi connectivity index (χ3v) is 3.36. The molecule has 3 heteroatoms. The smallest absolute Gasteiger partial charge is 0.0629 e. The maximum absolute atomic E-state index is 9.46. The molecule has 1 aliphatic heterocycles. The van der Waals surface area contributed by atoms with Crippen LogP contribution in [-0.4, -0.2) is 29.7 Å². The summed E-state index contributed by atoms with van der Waals surface area (Å²) < 4.78 is 0. The minimum atomic E-state index is 0.0706. The van der Waals surface area contributed by atoms with E-state index in [1.54, 1.807) is 0 Å². The molecule has 0 aromatic heterocycles. The van der Waals surface area contributed by atoms with Gasteiger partial charge in [0, 0.05) is 5.02 Å². The molecule has 1 aromatic rings. The first-order chi connectivity index (χ1) is 7.33. The average molecular weight is 226 g/mol. The third-order valence-electron chi connectivity index (χ3n) is 3.02. The summed E-state index contributed by atoms with van der Waals surface area (Å²) in [5.41, 5.74) is 1.04. The molecule has 0 radical (unpaired) electrons. The molecule has 15 heavy (non-hydrogen) atoms. The van der Waals surface area contributed by atoms with E-state index in [2.05, 4.69) is 4.90 Å². The van der Waals surface area contributed by atoms with Gasteiger partial charge >= 0.3 is 0 Å². The van der Waals surface area contributed by atoms with E-state index < -0.39 is 0 Å². The number of aliphatic hydroxyl groups is 1. The number of aliphatic hydroxyl groups excluding tert-OH is 1. The minimum absolute atomic E-state index is 0.0706. The molecule has 1 saturated heterocycles. The quantitative estimate of drug-likeness (QED) is 0.855. The van der Waals surface area contributed by atoms with Crippen LogP contribution in [0.2, 0.25) is 5.02 Å². The van der Waals surface area contributed by atoms with Crippen LogP contribution in [0.5, 0.6) is 0 Å². The minimum Gasteiger partial charge on any atom is -0.394 e. The molecular weight excluding hydrogens is 210 g/mol. The zero-order valence-corrected chi connectivity index (χ0v) is 9.45. The van der Waals surface area contributed by atoms with Crippen LogP contribution < -0.4 is 0 Å². The Labute approximate surface area is 95.5 Å². The highest BCUT2D eigenvalue weighted by Gasteiger charge is 2.23. The molecule has 1 heterocycles. The van der Waals surface area contributed by atoms with Crippen molar-refractivity contribution in [3.05, 3.63) is 34.9 Å². The molecule has 82 valence electrons. The molecule has 0 bridgehead atoms. The lowest BCUT2D eigenvalue weighted by Gasteiger charge is -2.26. The molecule has 2 rings (SSSR count). The zero-order chi connectivity index (χ0) is 10.7. The van der Waals surface area contributed by atoms with E-state index in [0.717, 1.165) is 23.7 Å². The number of hydrogen-bond acceptors (Lipinski definition) is 2. The summed E-state index contributed by atoms with van der Waals surface area (Å²) in [6.45, 7) is 2.27. The van der Waals surface area contributed by atoms with Gasteiger partial charge in [0.05, 0.1) is 12.6 Å². The fourth-order valence-electron chi connectivity index (χ4n) is 2.21. The number of likely N-dealkylation sites (tertiary alicyclic amines) is 1. The molecule has 0 amide bonds. The Bertz CT molecular complexity index is 323. The molecule has 0 spiro atoms. The van der Waals surface area contributed by atoms with Crippen LogP contribution in [0.4, 0.5) is 0 Å². The molecule has 1 aliphatic rings. The zero-order valence-electron chi connectivity index (χ0n) is 8.69. The first kappa shape index (κ1) is 10.9. The Kier molecular flexibility index (Phi) is 3.62. The van der Waals surface area contributed by atoms with E-state index in [1.165, 1.54) is 12.8 Å². The highest BCUT2D eigenvalue weighted by Crippen LogP contribution is 2.29. The normalized spacial score (nSPS) is 19.3. The summed E-state index contributed by atoms with van der Waals surface area (Å²) in [7, 11) is 0. The molecule has 1 N–H and O–H groups in total. The number of nitrogens with zero attached hydrogens (tertiary/aromatic N) is 1. The highest BCUT2D eigenvalue weighted by atomic mass is 35.5. The van der Waals surface area contributed by atoms with Crippen LogP contribution in [-0.2, 0) is 0 Å². The molecular formula is C12H16ClNO. The van der Waals surface area contributed by atoms with Crippen molar-refractivity contribution in [2.45, 2.75) is 18.9 Å². The molecule has 1 fully saturated rings. The van der Waals surface area contributed by atoms with Crippen molar-refractivity contribution in [1.29, 1.82) is 0 Å². The summed E-state index contributed by atoms with van der Waals surface area (Å²) in [4.78, 5) is 2.31. The third kappa shape index (κ3) is 2.33. The average Bonchev–Trinajstić information content (AvgIpc) is 2.75. The van der Waals surface area contributed by atoms with E-state index in [0.29, 0.717) is 0 Å². The van der Waals surface area contributed by atoms with Crippen molar-refractivity contribution in [3.63, 3.8) is 0 Å². The van der Waals surface area contributed by atoms with Gasteiger partial charge < -0.3 is 5.11 Å². The molecule has 1 unspecified atom stereocenters. The number of hydrogen-bond donors (Lipinski definition) is 1. The molecule has 2 nitrogen and oxygen atoms in total. The topological polar surface area (TPSA) is 23.5 Å². The second-order valence-corrected chi connectivity index (χ2v) is 4.37. The summed E-state index contributed by atoms with van der Waals surface area (Å²) in [5, 5.41) is 10.2. The second-order valence-electron chi connectivity index (χ2n) is 3.96. The van der Waals surface area contributed by atoms with E-state index in [-0.39, 0.29) is 12.6 Å². The largest absolute Gasteiger partial charge is 0.394 e. The van der Waals surface area contributed by atoms with Gasteiger partial charge in [-0.25, -0.2) is 0 Å². The lowest BCUT2D eigenvalue weighted by Crippen LogP contribution is -2.28. The van der Waals surface area contributed by atoms with Gasteiger partial charge in [-0.05, 0) is 37.6 Å². The van der Waals surface area contributed by atoms with Gasteiger partial charge in [0.2, 0.25) is 0 Å². The van der Waals surface area contributed by atoms with Crippen molar-refractivity contribution in [2.24, 2.45) is 0 Å². The summed E-state index contributed by atoms with van der Waals surface area (Å²) in [6.07, 6.45) is 2.45. The Balaban J connectivity index is 2.22. The first-order valence-electron chi connectivity index (χ1n) is 5.42. The van der Waals surface area contributed by atoms with Gasteiger partial charge in [-0.1, -0.05) is 29.8 Å². The highest BCUT2D eigenvalue weighted by molar-refractivity contribution is 6.31. The molecule has 0 aliphatic carbocycles. The Hall–Kier alpha value is -0.570. The van der Waals surface area contributed by atoms with E-state index in [4.69, 9.17) is 11.6 Å². The van der Waals surface area contributed by atoms with Gasteiger partial charge in [0.1, 0.15) is 0 Å². The molecule has 0 saturated carbocycles. The van der Waals surface area contributed by atoms with Gasteiger partial charge in [-0.3, -0.25) is 4.90 Å². The molecule has 1 atom stereocenters. The van der Waals surface area contributed by atoms with Crippen LogP contribution >= 0.6 is 11.6 Å². The maximum Gasteiger partial charge on any atom is 0.0629 e. The molecule has 1 aromatic carbocycles. The SMILES string of the molecule is OCC(c1ccccc1Cl)N1CCCC1. The van der Waals surface area contributed by atoms with Crippen LogP contribution in [0.3, 0.4) is 0 Å². The van der Waals surface area contributed by atoms with Crippen LogP contribution in [0.25, 0.3) is 0 Å². The predicted molar refractivity (Wildman–Crippen MR) is 62.1 cm³/mol. The van der Waals surface area contributed by atoms with Crippen molar-refractivity contribution >= 4 is 11.6 Å². The van der Waals surface area contributed by atoms with Crippen molar-refractivity contribution in [3.8, 4) is 0 Å². The first-order valence-corrected chi connectivity index (χ1v) is 5.80. The maximum atomic E-state index is 9.46. The summed E-state index contributed by atoms with van der Waals surface area (Å²) in [5.74, 6) is 0. The van der Waals surface area contributed by atoms with Crippen molar-refractivity contribution < 1.29 is 5.11 Å². The van der Waals surface area contributed by atoms with Gasteiger partial charge in [0.25, 0.3) is 0 Å². The van der Waals surface area contributed by atoms with E-state index in [9.17, 15) is 5.11 Å². The fourth-order valence-corrected chi connectivity index (χ4v) is 2.47. The number of rotatable bonds is 3. The van der Waals surface area contributed by atoms with E-state index >= 15 is 0 Å². The van der Waals surface area contributed by atoms with Crippen LogP contribution in [0.15, 0.2) is 24.3 Å². The standard InChI is InChI=1S/C12H16ClNO/c13-11-6-2-1-5-10(11)12(9-15)14-7-3-4-8-14/h1-2,5-6,12,15H,3-4,7-9H2. The Morgan fingerprint density at radius 3 is 2.53 bits per heavy atom.